The number of piperidine rings is 1. The van der Waals surface area contributed by atoms with Gasteiger partial charge in [-0.1, -0.05) is 0 Å². The summed E-state index contributed by atoms with van der Waals surface area (Å²) >= 11 is 0. The molecule has 0 radical (unpaired) electrons. The van der Waals surface area contributed by atoms with Crippen molar-refractivity contribution >= 4 is 27.2 Å². The number of hydrogen-bond acceptors (Lipinski definition) is 8. The van der Waals surface area contributed by atoms with Crippen LogP contribution in [-0.4, -0.2) is 55.4 Å². The van der Waals surface area contributed by atoms with E-state index in [0.717, 1.165) is 23.5 Å². The van der Waals surface area contributed by atoms with Crippen molar-refractivity contribution in [3.63, 3.8) is 0 Å². The molecule has 1 fully saturated rings. The third-order valence-electron chi connectivity index (χ3n) is 6.41. The lowest BCUT2D eigenvalue weighted by Crippen LogP contribution is -2.38. The molecule has 2 aliphatic rings. The minimum atomic E-state index is -4.40. The third kappa shape index (κ3) is 5.08. The highest BCUT2D eigenvalue weighted by atomic mass is 32.2. The van der Waals surface area contributed by atoms with Crippen molar-refractivity contribution in [2.75, 3.05) is 35.7 Å². The summed E-state index contributed by atoms with van der Waals surface area (Å²) in [4.78, 5) is 16.9. The van der Waals surface area contributed by atoms with Gasteiger partial charge < -0.3 is 14.5 Å². The first-order valence-electron chi connectivity index (χ1n) is 11.5. The van der Waals surface area contributed by atoms with Crippen LogP contribution >= 0.6 is 0 Å². The molecule has 36 heavy (non-hydrogen) atoms. The second-order valence-corrected chi connectivity index (χ2v) is 10.9. The summed E-state index contributed by atoms with van der Waals surface area (Å²) in [6, 6.07) is 9.32. The molecule has 2 aromatic heterocycles. The zero-order chi connectivity index (χ0) is 25.5. The molecule has 0 atom stereocenters. The molecule has 0 unspecified atom stereocenters. The van der Waals surface area contributed by atoms with Crippen LogP contribution in [0.5, 0.6) is 5.88 Å². The molecule has 0 bridgehead atoms. The van der Waals surface area contributed by atoms with Gasteiger partial charge in [-0.15, -0.1) is 0 Å². The van der Waals surface area contributed by atoms with E-state index < -0.39 is 21.6 Å². The highest BCUT2D eigenvalue weighted by Crippen LogP contribution is 2.36. The summed E-state index contributed by atoms with van der Waals surface area (Å²) in [6.45, 7) is 1.86. The number of ether oxygens (including phenoxy) is 1. The molecule has 190 valence electrons. The Bertz CT molecular complexity index is 1360. The number of benzene rings is 1. The van der Waals surface area contributed by atoms with E-state index in [4.69, 9.17) is 4.74 Å². The Kier molecular flexibility index (Phi) is 6.23. The standard InChI is InChI=1S/C24H24F3N5O3S/c1-36(33,34)19-3-4-20-16(12-19)6-11-32(20)22-13-23(30-15-29-22)35-18-7-9-31(10-8-18)21-5-2-17(14-28-21)24(25,26)27/h2-5,12-15,18H,6-11H2,1H3. The van der Waals surface area contributed by atoms with Crippen LogP contribution < -0.4 is 14.5 Å². The molecule has 5 rings (SSSR count). The van der Waals surface area contributed by atoms with E-state index in [9.17, 15) is 21.6 Å². The number of sulfone groups is 1. The molecule has 0 N–H and O–H groups in total. The number of hydrogen-bond donors (Lipinski definition) is 0. The van der Waals surface area contributed by atoms with Gasteiger partial charge in [0, 0.05) is 56.7 Å². The van der Waals surface area contributed by atoms with E-state index in [1.807, 2.05) is 9.80 Å². The lowest BCUT2D eigenvalue weighted by molar-refractivity contribution is -0.137. The van der Waals surface area contributed by atoms with Gasteiger partial charge >= 0.3 is 6.18 Å². The van der Waals surface area contributed by atoms with Gasteiger partial charge in [0.05, 0.1) is 10.5 Å². The summed E-state index contributed by atoms with van der Waals surface area (Å²) in [5, 5.41) is 0. The number of halogens is 3. The first kappa shape index (κ1) is 24.3. The lowest BCUT2D eigenvalue weighted by Gasteiger charge is -2.32. The highest BCUT2D eigenvalue weighted by Gasteiger charge is 2.31. The second-order valence-electron chi connectivity index (χ2n) is 8.89. The van der Waals surface area contributed by atoms with E-state index in [1.54, 1.807) is 24.3 Å². The Morgan fingerprint density at radius 1 is 0.972 bits per heavy atom. The van der Waals surface area contributed by atoms with Crippen LogP contribution in [0.15, 0.2) is 53.8 Å². The van der Waals surface area contributed by atoms with Gasteiger partial charge in [0.25, 0.3) is 0 Å². The van der Waals surface area contributed by atoms with Crippen molar-refractivity contribution < 1.29 is 26.3 Å². The van der Waals surface area contributed by atoms with E-state index in [2.05, 4.69) is 15.0 Å². The van der Waals surface area contributed by atoms with Gasteiger partial charge in [0.1, 0.15) is 24.1 Å². The highest BCUT2D eigenvalue weighted by molar-refractivity contribution is 7.90. The number of pyridine rings is 1. The van der Waals surface area contributed by atoms with Crippen LogP contribution in [0.4, 0.5) is 30.5 Å². The van der Waals surface area contributed by atoms with E-state index >= 15 is 0 Å². The van der Waals surface area contributed by atoms with Gasteiger partial charge in [-0.2, -0.15) is 13.2 Å². The maximum absolute atomic E-state index is 12.8. The van der Waals surface area contributed by atoms with Crippen LogP contribution in [0.2, 0.25) is 0 Å². The van der Waals surface area contributed by atoms with Crippen LogP contribution in [0.3, 0.4) is 0 Å². The molecule has 0 saturated carbocycles. The first-order chi connectivity index (χ1) is 17.1. The number of fused-ring (bicyclic) bond motifs is 1. The van der Waals surface area contributed by atoms with Gasteiger partial charge in [-0.3, -0.25) is 0 Å². The Hall–Kier alpha value is -3.41. The fraction of sp³-hybridized carbons (Fsp3) is 0.375. The van der Waals surface area contributed by atoms with Gasteiger partial charge in [-0.05, 0) is 42.3 Å². The smallest absolute Gasteiger partial charge is 0.417 e. The molecule has 4 heterocycles. The number of nitrogens with zero attached hydrogens (tertiary/aromatic N) is 5. The largest absolute Gasteiger partial charge is 0.474 e. The molecule has 12 heteroatoms. The fourth-order valence-electron chi connectivity index (χ4n) is 4.50. The SMILES string of the molecule is CS(=O)(=O)c1ccc2c(c1)CCN2c1cc(OC2CCN(c3ccc(C(F)(F)F)cn3)CC2)ncn1. The van der Waals surface area contributed by atoms with E-state index in [-0.39, 0.29) is 6.10 Å². The second kappa shape index (κ2) is 9.23. The summed E-state index contributed by atoms with van der Waals surface area (Å²) in [6.07, 6.45) is 1.04. The van der Waals surface area contributed by atoms with Crippen LogP contribution in [0.25, 0.3) is 0 Å². The van der Waals surface area contributed by atoms with Crippen molar-refractivity contribution in [1.29, 1.82) is 0 Å². The maximum Gasteiger partial charge on any atom is 0.417 e. The molecular formula is C24H24F3N5O3S. The Labute approximate surface area is 206 Å². The van der Waals surface area contributed by atoms with E-state index in [1.165, 1.54) is 18.6 Å². The zero-order valence-corrected chi connectivity index (χ0v) is 20.3. The van der Waals surface area contributed by atoms with Crippen molar-refractivity contribution in [1.82, 2.24) is 15.0 Å². The molecule has 0 aliphatic carbocycles. The summed E-state index contributed by atoms with van der Waals surface area (Å²) in [7, 11) is -3.28. The molecule has 0 spiro atoms. The Morgan fingerprint density at radius 2 is 1.75 bits per heavy atom. The minimum Gasteiger partial charge on any atom is -0.474 e. The molecule has 0 amide bonds. The summed E-state index contributed by atoms with van der Waals surface area (Å²) < 4.78 is 68.2. The number of aromatic nitrogens is 3. The monoisotopic (exact) mass is 519 g/mol. The van der Waals surface area contributed by atoms with Crippen molar-refractivity contribution in [2.45, 2.75) is 36.4 Å². The van der Waals surface area contributed by atoms with Gasteiger partial charge in [0.2, 0.25) is 5.88 Å². The molecule has 1 aromatic carbocycles. The maximum atomic E-state index is 12.8. The van der Waals surface area contributed by atoms with Gasteiger partial charge in [-0.25, -0.2) is 23.4 Å². The molecule has 3 aromatic rings. The molecule has 8 nitrogen and oxygen atoms in total. The average Bonchev–Trinajstić information content (AvgIpc) is 3.27. The van der Waals surface area contributed by atoms with Gasteiger partial charge in [0.15, 0.2) is 9.84 Å². The van der Waals surface area contributed by atoms with Crippen molar-refractivity contribution in [3.05, 3.63) is 60.0 Å². The summed E-state index contributed by atoms with van der Waals surface area (Å²) in [5.74, 6) is 1.61. The third-order valence-corrected chi connectivity index (χ3v) is 7.52. The lowest BCUT2D eigenvalue weighted by atomic mass is 10.1. The number of anilines is 3. The minimum absolute atomic E-state index is 0.0957. The van der Waals surface area contributed by atoms with Crippen LogP contribution in [0.1, 0.15) is 24.0 Å². The quantitative estimate of drug-likeness (QED) is 0.499. The van der Waals surface area contributed by atoms with Crippen LogP contribution in [0, 0.1) is 0 Å². The van der Waals surface area contributed by atoms with Crippen molar-refractivity contribution in [3.8, 4) is 5.88 Å². The average molecular weight is 520 g/mol. The molecule has 2 aliphatic heterocycles. The number of alkyl halides is 3. The fourth-order valence-corrected chi connectivity index (χ4v) is 5.17. The molecular weight excluding hydrogens is 495 g/mol. The Balaban J connectivity index is 1.22. The molecule has 1 saturated heterocycles. The predicted molar refractivity (Wildman–Crippen MR) is 127 cm³/mol. The zero-order valence-electron chi connectivity index (χ0n) is 19.4. The number of rotatable bonds is 5. The summed E-state index contributed by atoms with van der Waals surface area (Å²) in [5.41, 5.74) is 1.09. The normalized spacial score (nSPS) is 16.8. The Morgan fingerprint density at radius 3 is 2.42 bits per heavy atom. The predicted octanol–water partition coefficient (Wildman–Crippen LogP) is 4.04. The van der Waals surface area contributed by atoms with E-state index in [0.29, 0.717) is 61.3 Å². The topological polar surface area (TPSA) is 88.5 Å². The van der Waals surface area contributed by atoms with Crippen LogP contribution in [-0.2, 0) is 22.4 Å². The van der Waals surface area contributed by atoms with Crippen molar-refractivity contribution in [2.24, 2.45) is 0 Å². The first-order valence-corrected chi connectivity index (χ1v) is 13.3.